The van der Waals surface area contributed by atoms with Crippen LogP contribution in [0.4, 0.5) is 5.69 Å². The molecule has 1 heterocycles. The molecular weight excluding hydrogens is 542 g/mol. The second kappa shape index (κ2) is 14.4. The van der Waals surface area contributed by atoms with Gasteiger partial charge in [0.05, 0.1) is 18.2 Å². The van der Waals surface area contributed by atoms with Crippen molar-refractivity contribution in [1.82, 2.24) is 10.6 Å². The topological polar surface area (TPSA) is 108 Å². The number of carbonyl (C=O) groups excluding carboxylic acids is 3. The summed E-state index contributed by atoms with van der Waals surface area (Å²) in [4.78, 5) is 41.0. The van der Waals surface area contributed by atoms with Gasteiger partial charge in [-0.15, -0.1) is 0 Å². The van der Waals surface area contributed by atoms with Gasteiger partial charge in [-0.05, 0) is 81.9 Å². The number of amides is 3. The first kappa shape index (κ1) is 32.5. The molecule has 8 heteroatoms. The third-order valence-electron chi connectivity index (χ3n) is 8.72. The van der Waals surface area contributed by atoms with Crippen molar-refractivity contribution in [2.45, 2.75) is 110 Å². The molecule has 2 aliphatic rings. The van der Waals surface area contributed by atoms with E-state index >= 15 is 0 Å². The van der Waals surface area contributed by atoms with Crippen LogP contribution in [0.2, 0.25) is 0 Å². The molecular formula is C35H49N3O5. The van der Waals surface area contributed by atoms with Gasteiger partial charge in [-0.1, -0.05) is 51.1 Å². The van der Waals surface area contributed by atoms with Crippen LogP contribution >= 0.6 is 0 Å². The number of hydrogen-bond donors (Lipinski definition) is 3. The van der Waals surface area contributed by atoms with Crippen molar-refractivity contribution in [1.29, 1.82) is 0 Å². The number of anilines is 1. The fraction of sp³-hybridized carbons (Fsp3) is 0.571. The average molecular weight is 592 g/mol. The Labute approximate surface area is 256 Å². The van der Waals surface area contributed by atoms with Crippen LogP contribution in [0.15, 0.2) is 48.5 Å². The first-order valence-electron chi connectivity index (χ1n) is 15.9. The van der Waals surface area contributed by atoms with Gasteiger partial charge in [-0.3, -0.25) is 14.4 Å². The predicted molar refractivity (Wildman–Crippen MR) is 169 cm³/mol. The number of benzene rings is 2. The molecule has 3 N–H and O–H groups in total. The summed E-state index contributed by atoms with van der Waals surface area (Å²) < 4.78 is 5.93. The van der Waals surface area contributed by atoms with Crippen molar-refractivity contribution in [3.8, 4) is 5.75 Å². The van der Waals surface area contributed by atoms with Crippen molar-refractivity contribution < 1.29 is 24.2 Å². The Hall–Kier alpha value is -3.39. The highest BCUT2D eigenvalue weighted by atomic mass is 16.5. The van der Waals surface area contributed by atoms with Crippen LogP contribution in [-0.2, 0) is 16.0 Å². The van der Waals surface area contributed by atoms with E-state index < -0.39 is 18.1 Å². The van der Waals surface area contributed by atoms with E-state index in [1.54, 1.807) is 23.1 Å². The molecule has 1 aliphatic carbocycles. The maximum Gasteiger partial charge on any atom is 0.251 e. The van der Waals surface area contributed by atoms with Crippen LogP contribution in [-0.4, -0.2) is 53.7 Å². The van der Waals surface area contributed by atoms with Crippen LogP contribution in [0.3, 0.4) is 0 Å². The Morgan fingerprint density at radius 2 is 1.77 bits per heavy atom. The zero-order valence-corrected chi connectivity index (χ0v) is 26.4. The molecule has 2 fully saturated rings. The van der Waals surface area contributed by atoms with Crippen molar-refractivity contribution >= 4 is 23.4 Å². The first-order chi connectivity index (χ1) is 20.4. The highest BCUT2D eigenvalue weighted by Gasteiger charge is 2.31. The summed E-state index contributed by atoms with van der Waals surface area (Å²) in [5.74, 6) is -0.324. The van der Waals surface area contributed by atoms with Crippen molar-refractivity contribution in [3.05, 3.63) is 59.7 Å². The molecule has 0 unspecified atom stereocenters. The van der Waals surface area contributed by atoms with Gasteiger partial charge >= 0.3 is 0 Å². The van der Waals surface area contributed by atoms with Crippen LogP contribution in [0, 0.1) is 11.3 Å². The maximum atomic E-state index is 13.7. The molecule has 4 rings (SSSR count). The van der Waals surface area contributed by atoms with Gasteiger partial charge < -0.3 is 25.4 Å². The summed E-state index contributed by atoms with van der Waals surface area (Å²) in [6.07, 6.45) is 4.89. The van der Waals surface area contributed by atoms with E-state index in [0.29, 0.717) is 41.8 Å². The summed E-state index contributed by atoms with van der Waals surface area (Å²) in [5.41, 5.74) is 2.26. The fourth-order valence-electron chi connectivity index (χ4n) is 6.06. The monoisotopic (exact) mass is 591 g/mol. The number of aliphatic hydroxyl groups is 1. The zero-order chi connectivity index (χ0) is 31.1. The Morgan fingerprint density at radius 1 is 1.07 bits per heavy atom. The maximum absolute atomic E-state index is 13.7. The lowest BCUT2D eigenvalue weighted by atomic mass is 9.75. The molecule has 8 nitrogen and oxygen atoms in total. The van der Waals surface area contributed by atoms with E-state index in [-0.39, 0.29) is 36.3 Å². The number of aliphatic hydroxyl groups excluding tert-OH is 1. The zero-order valence-electron chi connectivity index (χ0n) is 26.4. The van der Waals surface area contributed by atoms with Gasteiger partial charge in [0.2, 0.25) is 11.8 Å². The molecule has 0 aromatic heterocycles. The minimum absolute atomic E-state index is 0.0228. The highest BCUT2D eigenvalue weighted by Crippen LogP contribution is 2.35. The lowest BCUT2D eigenvalue weighted by molar-refractivity contribution is -0.126. The molecule has 1 saturated heterocycles. The number of nitrogens with one attached hydrogen (secondary N) is 2. The van der Waals surface area contributed by atoms with Crippen LogP contribution in [0.25, 0.3) is 0 Å². The summed E-state index contributed by atoms with van der Waals surface area (Å²) in [6, 6.07) is 14.4. The third kappa shape index (κ3) is 9.30. The van der Waals surface area contributed by atoms with E-state index in [4.69, 9.17) is 4.74 Å². The second-order valence-corrected chi connectivity index (χ2v) is 13.5. The Balaban J connectivity index is 1.49. The molecule has 234 valence electrons. The number of hydrogen-bond acceptors (Lipinski definition) is 5. The Kier molecular flexibility index (Phi) is 10.9. The second-order valence-electron chi connectivity index (χ2n) is 13.5. The van der Waals surface area contributed by atoms with Crippen molar-refractivity contribution in [2.24, 2.45) is 11.3 Å². The molecule has 2 aromatic rings. The Bertz CT molecular complexity index is 1250. The average Bonchev–Trinajstić information content (AvgIpc) is 3.39. The molecule has 3 amide bonds. The number of rotatable bonds is 12. The van der Waals surface area contributed by atoms with Crippen LogP contribution < -0.4 is 20.3 Å². The normalized spacial score (nSPS) is 19.1. The predicted octanol–water partition coefficient (Wildman–Crippen LogP) is 5.41. The number of carbonyl (C=O) groups is 3. The Morgan fingerprint density at radius 3 is 2.40 bits per heavy atom. The van der Waals surface area contributed by atoms with E-state index in [1.165, 1.54) is 0 Å². The van der Waals surface area contributed by atoms with Crippen LogP contribution in [0.1, 0.15) is 95.5 Å². The molecule has 1 aliphatic heterocycles. The van der Waals surface area contributed by atoms with E-state index in [0.717, 1.165) is 37.7 Å². The van der Waals surface area contributed by atoms with Crippen molar-refractivity contribution in [2.75, 3.05) is 11.4 Å². The van der Waals surface area contributed by atoms with E-state index in [1.807, 2.05) is 51.1 Å². The quantitative estimate of drug-likeness (QED) is 0.306. The van der Waals surface area contributed by atoms with Gasteiger partial charge in [-0.25, -0.2) is 0 Å². The van der Waals surface area contributed by atoms with Crippen molar-refractivity contribution in [3.63, 3.8) is 0 Å². The minimum Gasteiger partial charge on any atom is -0.491 e. The third-order valence-corrected chi connectivity index (χ3v) is 8.72. The van der Waals surface area contributed by atoms with Gasteiger partial charge in [0.25, 0.3) is 5.91 Å². The lowest BCUT2D eigenvalue weighted by Gasteiger charge is -2.35. The molecule has 3 atom stereocenters. The SMILES string of the molecule is CC(C)Oc1cc(C(=O)N[C@@H](Cc2ccccc2)[C@H](O)C[C@@H](C)C(=O)NC2CCC(C)(C)CC2)cc(N2CCCC2=O)c1. The molecule has 43 heavy (non-hydrogen) atoms. The smallest absolute Gasteiger partial charge is 0.251 e. The van der Waals surface area contributed by atoms with Gasteiger partial charge in [-0.2, -0.15) is 0 Å². The minimum atomic E-state index is -0.954. The molecule has 2 aromatic carbocycles. The molecule has 1 saturated carbocycles. The summed E-state index contributed by atoms with van der Waals surface area (Å²) >= 11 is 0. The summed E-state index contributed by atoms with van der Waals surface area (Å²) in [6.45, 7) is 10.8. The fourth-order valence-corrected chi connectivity index (χ4v) is 6.06. The number of ether oxygens (including phenoxy) is 1. The molecule has 0 radical (unpaired) electrons. The summed E-state index contributed by atoms with van der Waals surface area (Å²) in [5, 5.41) is 17.7. The van der Waals surface area contributed by atoms with E-state index in [2.05, 4.69) is 24.5 Å². The molecule has 0 spiro atoms. The van der Waals surface area contributed by atoms with Gasteiger partial charge in [0.1, 0.15) is 5.75 Å². The van der Waals surface area contributed by atoms with Gasteiger partial charge in [0.15, 0.2) is 0 Å². The lowest BCUT2D eigenvalue weighted by Crippen LogP contribution is -2.47. The largest absolute Gasteiger partial charge is 0.491 e. The summed E-state index contributed by atoms with van der Waals surface area (Å²) in [7, 11) is 0. The van der Waals surface area contributed by atoms with Crippen LogP contribution in [0.5, 0.6) is 5.75 Å². The number of nitrogens with zero attached hydrogens (tertiary/aromatic N) is 1. The molecule has 0 bridgehead atoms. The first-order valence-corrected chi connectivity index (χ1v) is 15.9. The highest BCUT2D eigenvalue weighted by molar-refractivity contribution is 5.99. The van der Waals surface area contributed by atoms with Gasteiger partial charge in [0, 0.05) is 42.2 Å². The van der Waals surface area contributed by atoms with E-state index in [9.17, 15) is 19.5 Å². The standard InChI is InChI=1S/C35H49N3O5/c1-23(2)43-29-21-26(20-28(22-29)38-17-9-12-32(38)40)34(42)37-30(19-25-10-7-6-8-11-25)31(39)18-24(3)33(41)36-27-13-15-35(4,5)16-14-27/h6-8,10-11,20-24,27,30-31,39H,9,12-19H2,1-5H3,(H,36,41)(H,37,42)/t24-,30+,31-/m1/s1.